The Morgan fingerprint density at radius 1 is 1.39 bits per heavy atom. The van der Waals surface area contributed by atoms with E-state index in [1.165, 1.54) is 25.4 Å². The van der Waals surface area contributed by atoms with E-state index in [0.29, 0.717) is 32.1 Å². The molecule has 0 bridgehead atoms. The first-order valence-corrected chi connectivity index (χ1v) is 8.96. The number of aromatic nitrogens is 1. The number of hydrogen-bond acceptors (Lipinski definition) is 5. The summed E-state index contributed by atoms with van der Waals surface area (Å²) in [4.78, 5) is 18.1. The summed E-state index contributed by atoms with van der Waals surface area (Å²) in [7, 11) is -2.19. The summed E-state index contributed by atoms with van der Waals surface area (Å²) in [5.41, 5.74) is 0.131. The number of hydrogen-bond donors (Lipinski definition) is 2. The Balaban J connectivity index is 1.65. The summed E-state index contributed by atoms with van der Waals surface area (Å²) >= 11 is 0. The number of pyridine rings is 1. The molecule has 2 fully saturated rings. The van der Waals surface area contributed by atoms with Crippen LogP contribution < -0.4 is 10.0 Å². The highest BCUT2D eigenvalue weighted by molar-refractivity contribution is 7.89. The maximum absolute atomic E-state index is 12.4. The van der Waals surface area contributed by atoms with Crippen molar-refractivity contribution in [3.63, 3.8) is 0 Å². The molecule has 0 atom stereocenters. The zero-order valence-corrected chi connectivity index (χ0v) is 13.7. The van der Waals surface area contributed by atoms with Crippen LogP contribution in [0.15, 0.2) is 23.2 Å². The predicted molar refractivity (Wildman–Crippen MR) is 83.6 cm³/mol. The fourth-order valence-corrected chi connectivity index (χ4v) is 3.24. The predicted octanol–water partition coefficient (Wildman–Crippen LogP) is 0.634. The van der Waals surface area contributed by atoms with Crippen LogP contribution in [0.25, 0.3) is 0 Å². The van der Waals surface area contributed by atoms with Gasteiger partial charge < -0.3 is 9.64 Å². The van der Waals surface area contributed by atoms with Crippen molar-refractivity contribution in [2.75, 3.05) is 38.7 Å². The number of sulfonamides is 1. The van der Waals surface area contributed by atoms with Crippen LogP contribution in [-0.4, -0.2) is 57.7 Å². The average molecular weight is 340 g/mol. The van der Waals surface area contributed by atoms with Crippen molar-refractivity contribution in [3.05, 3.63) is 18.3 Å². The number of urea groups is 1. The highest BCUT2D eigenvalue weighted by Crippen LogP contribution is 2.47. The van der Waals surface area contributed by atoms with Crippen LogP contribution in [0.4, 0.5) is 10.6 Å². The molecule has 2 aliphatic rings. The Kier molecular flexibility index (Phi) is 4.26. The number of rotatable bonds is 3. The maximum atomic E-state index is 12.4. The number of nitrogens with zero attached hydrogens (tertiary/aromatic N) is 2. The van der Waals surface area contributed by atoms with E-state index in [0.717, 1.165) is 12.8 Å². The van der Waals surface area contributed by atoms with Crippen LogP contribution in [-0.2, 0) is 14.8 Å². The van der Waals surface area contributed by atoms with Crippen molar-refractivity contribution in [3.8, 4) is 0 Å². The van der Waals surface area contributed by atoms with E-state index in [-0.39, 0.29) is 16.3 Å². The van der Waals surface area contributed by atoms with Gasteiger partial charge in [-0.1, -0.05) is 0 Å². The number of anilines is 1. The zero-order valence-electron chi connectivity index (χ0n) is 12.9. The van der Waals surface area contributed by atoms with Crippen molar-refractivity contribution in [2.24, 2.45) is 5.41 Å². The van der Waals surface area contributed by atoms with E-state index in [1.807, 2.05) is 0 Å². The monoisotopic (exact) mass is 340 g/mol. The van der Waals surface area contributed by atoms with E-state index in [4.69, 9.17) is 4.74 Å². The van der Waals surface area contributed by atoms with Gasteiger partial charge in [0.2, 0.25) is 10.0 Å². The fourth-order valence-electron chi connectivity index (χ4n) is 2.57. The van der Waals surface area contributed by atoms with E-state index < -0.39 is 10.0 Å². The zero-order chi connectivity index (χ0) is 16.5. The second-order valence-corrected chi connectivity index (χ2v) is 7.88. The topological polar surface area (TPSA) is 101 Å². The molecule has 2 N–H and O–H groups in total. The molecule has 3 rings (SSSR count). The van der Waals surface area contributed by atoms with Gasteiger partial charge in [-0.15, -0.1) is 0 Å². The minimum atomic E-state index is -3.53. The summed E-state index contributed by atoms with van der Waals surface area (Å²) in [5.74, 6) is 0.320. The van der Waals surface area contributed by atoms with Gasteiger partial charge >= 0.3 is 6.03 Å². The molecule has 126 valence electrons. The normalized spacial score (nSPS) is 20.1. The average Bonchev–Trinajstić information content (AvgIpc) is 3.34. The van der Waals surface area contributed by atoms with E-state index in [2.05, 4.69) is 15.0 Å². The van der Waals surface area contributed by atoms with Gasteiger partial charge in [0.1, 0.15) is 10.7 Å². The number of ether oxygens (including phenoxy) is 1. The fraction of sp³-hybridized carbons (Fsp3) is 0.571. The summed E-state index contributed by atoms with van der Waals surface area (Å²) < 4.78 is 31.0. The summed E-state index contributed by atoms with van der Waals surface area (Å²) in [6, 6.07) is 2.64. The van der Waals surface area contributed by atoms with Gasteiger partial charge in [0.25, 0.3) is 0 Å². The van der Waals surface area contributed by atoms with E-state index in [1.54, 1.807) is 4.90 Å². The molecule has 1 aromatic heterocycles. The Morgan fingerprint density at radius 2 is 2.17 bits per heavy atom. The van der Waals surface area contributed by atoms with Gasteiger partial charge in [0.15, 0.2) is 0 Å². The molecule has 2 heterocycles. The highest BCUT2D eigenvalue weighted by Gasteiger charge is 2.46. The number of nitrogens with one attached hydrogen (secondary N) is 2. The number of carbonyl (C=O) groups is 1. The van der Waals surface area contributed by atoms with Crippen LogP contribution in [0.2, 0.25) is 0 Å². The molecule has 1 spiro atoms. The molecular weight excluding hydrogens is 320 g/mol. The Labute approximate surface area is 135 Å². The van der Waals surface area contributed by atoms with Gasteiger partial charge in [0.05, 0.1) is 13.2 Å². The molecule has 0 radical (unpaired) electrons. The number of carbonyl (C=O) groups excluding carboxylic acids is 1. The molecule has 8 nitrogen and oxygen atoms in total. The third-order valence-electron chi connectivity index (χ3n) is 4.23. The Morgan fingerprint density at radius 3 is 2.78 bits per heavy atom. The summed E-state index contributed by atoms with van der Waals surface area (Å²) in [6.07, 6.45) is 3.40. The lowest BCUT2D eigenvalue weighted by Crippen LogP contribution is -2.39. The highest BCUT2D eigenvalue weighted by atomic mass is 32.2. The van der Waals surface area contributed by atoms with Gasteiger partial charge in [-0.25, -0.2) is 22.9 Å². The first-order chi connectivity index (χ1) is 10.9. The third kappa shape index (κ3) is 3.62. The van der Waals surface area contributed by atoms with Crippen LogP contribution in [0, 0.1) is 5.41 Å². The molecule has 1 saturated heterocycles. The lowest BCUT2D eigenvalue weighted by molar-refractivity contribution is 0.115. The molecule has 1 saturated carbocycles. The smallest absolute Gasteiger partial charge is 0.323 e. The third-order valence-corrected chi connectivity index (χ3v) is 5.63. The second-order valence-electron chi connectivity index (χ2n) is 5.99. The molecule has 2 amide bonds. The molecular formula is C14H20N4O4S. The van der Waals surface area contributed by atoms with Gasteiger partial charge in [0, 0.05) is 24.7 Å². The quantitative estimate of drug-likeness (QED) is 0.841. The minimum absolute atomic E-state index is 0.0538. The molecule has 23 heavy (non-hydrogen) atoms. The molecule has 1 aliphatic heterocycles. The lowest BCUT2D eigenvalue weighted by atomic mass is 10.1. The van der Waals surface area contributed by atoms with Gasteiger partial charge in [-0.3, -0.25) is 5.32 Å². The molecule has 0 aromatic carbocycles. The number of amides is 2. The van der Waals surface area contributed by atoms with Crippen molar-refractivity contribution in [2.45, 2.75) is 17.7 Å². The van der Waals surface area contributed by atoms with Crippen molar-refractivity contribution >= 4 is 21.9 Å². The molecule has 0 unspecified atom stereocenters. The van der Waals surface area contributed by atoms with E-state index in [9.17, 15) is 13.2 Å². The van der Waals surface area contributed by atoms with Crippen LogP contribution >= 0.6 is 0 Å². The van der Waals surface area contributed by atoms with E-state index >= 15 is 0 Å². The van der Waals surface area contributed by atoms with Crippen LogP contribution in [0.3, 0.4) is 0 Å². The molecule has 1 aromatic rings. The largest absolute Gasteiger partial charge is 0.379 e. The van der Waals surface area contributed by atoms with Crippen LogP contribution in [0.5, 0.6) is 0 Å². The Hall–Kier alpha value is -1.71. The Bertz CT molecular complexity index is 685. The molecule has 1 aliphatic carbocycles. The summed E-state index contributed by atoms with van der Waals surface area (Å²) in [6.45, 7) is 2.47. The van der Waals surface area contributed by atoms with Crippen molar-refractivity contribution < 1.29 is 17.9 Å². The minimum Gasteiger partial charge on any atom is -0.379 e. The first kappa shape index (κ1) is 16.2. The van der Waals surface area contributed by atoms with Crippen molar-refractivity contribution in [1.82, 2.24) is 14.6 Å². The summed E-state index contributed by atoms with van der Waals surface area (Å²) in [5, 5.41) is 2.71. The maximum Gasteiger partial charge on any atom is 0.323 e. The SMILES string of the molecule is CNS(=O)(=O)c1ccc(NC(=O)N2CCOCC3(CC3)C2)nc1. The second kappa shape index (κ2) is 6.06. The molecule has 9 heteroatoms. The van der Waals surface area contributed by atoms with Crippen LogP contribution in [0.1, 0.15) is 12.8 Å². The first-order valence-electron chi connectivity index (χ1n) is 7.47. The lowest BCUT2D eigenvalue weighted by Gasteiger charge is -2.23. The standard InChI is InChI=1S/C14H20N4O4S/c1-15-23(20,21)11-2-3-12(16-8-11)17-13(19)18-6-7-22-10-14(9-18)4-5-14/h2-3,8,15H,4-7,9-10H2,1H3,(H,16,17,19). The van der Waals surface area contributed by atoms with Gasteiger partial charge in [-0.2, -0.15) is 0 Å². The van der Waals surface area contributed by atoms with Gasteiger partial charge in [-0.05, 0) is 32.0 Å². The van der Waals surface area contributed by atoms with Crippen molar-refractivity contribution in [1.29, 1.82) is 0 Å².